The van der Waals surface area contributed by atoms with E-state index >= 15 is 0 Å². The maximum Gasteiger partial charge on any atom is 0.249 e. The van der Waals surface area contributed by atoms with Crippen LogP contribution in [-0.2, 0) is 6.54 Å². The van der Waals surface area contributed by atoms with Gasteiger partial charge in [-0.3, -0.25) is 4.79 Å². The summed E-state index contributed by atoms with van der Waals surface area (Å²) in [5.41, 5.74) is 5.83. The number of primary amides is 1. The van der Waals surface area contributed by atoms with Gasteiger partial charge in [-0.15, -0.1) is 17.0 Å². The maximum atomic E-state index is 11.0. The van der Waals surface area contributed by atoms with Gasteiger partial charge in [-0.2, -0.15) is 0 Å². The highest BCUT2D eigenvalue weighted by molar-refractivity contribution is 8.93. The predicted octanol–water partition coefficient (Wildman–Crippen LogP) is 6.13. The monoisotopic (exact) mass is 427 g/mol. The van der Waals surface area contributed by atoms with Crippen LogP contribution < -0.4 is 10.3 Å². The predicted molar refractivity (Wildman–Crippen MR) is 116 cm³/mol. The minimum absolute atomic E-state index is 0. The fourth-order valence-electron chi connectivity index (χ4n) is 3.26. The first kappa shape index (κ1) is 25.1. The molecule has 0 atom stereocenters. The fraction of sp³-hybridized carbons (Fsp3) is 0.727. The molecular formula is C22H40BrN2O+. The van der Waals surface area contributed by atoms with E-state index in [0.29, 0.717) is 5.56 Å². The number of pyridine rings is 1. The molecule has 3 nitrogen and oxygen atoms in total. The lowest BCUT2D eigenvalue weighted by Crippen LogP contribution is -2.33. The van der Waals surface area contributed by atoms with Crippen molar-refractivity contribution in [2.45, 2.75) is 103 Å². The molecule has 4 heteroatoms. The van der Waals surface area contributed by atoms with Gasteiger partial charge in [0.2, 0.25) is 5.91 Å². The average molecular weight is 428 g/mol. The summed E-state index contributed by atoms with van der Waals surface area (Å²) in [7, 11) is 0. The van der Waals surface area contributed by atoms with E-state index in [4.69, 9.17) is 5.73 Å². The molecule has 26 heavy (non-hydrogen) atoms. The van der Waals surface area contributed by atoms with E-state index < -0.39 is 0 Å². The third-order valence-electron chi connectivity index (χ3n) is 4.95. The highest BCUT2D eigenvalue weighted by Gasteiger charge is 2.04. The normalized spacial score (nSPS) is 10.5. The number of hydrogen-bond acceptors (Lipinski definition) is 1. The van der Waals surface area contributed by atoms with Crippen LogP contribution in [0.15, 0.2) is 24.5 Å². The van der Waals surface area contributed by atoms with Gasteiger partial charge < -0.3 is 5.73 Å². The van der Waals surface area contributed by atoms with Crippen molar-refractivity contribution >= 4 is 22.9 Å². The molecule has 0 aromatic carbocycles. The SMILES string of the molecule is Br.CCCCCCCCCCCCCCCC[n+]1ccc(C(N)=O)cc1. The van der Waals surface area contributed by atoms with Crippen LogP contribution in [0.2, 0.25) is 0 Å². The molecule has 1 heterocycles. The number of aryl methyl sites for hydroxylation is 1. The molecule has 0 radical (unpaired) electrons. The third-order valence-corrected chi connectivity index (χ3v) is 4.95. The van der Waals surface area contributed by atoms with Crippen LogP contribution in [0.25, 0.3) is 0 Å². The lowest BCUT2D eigenvalue weighted by molar-refractivity contribution is -0.697. The minimum atomic E-state index is -0.358. The first-order valence-electron chi connectivity index (χ1n) is 10.5. The molecule has 0 saturated carbocycles. The topological polar surface area (TPSA) is 47.0 Å². The summed E-state index contributed by atoms with van der Waals surface area (Å²) in [6.45, 7) is 3.30. The summed E-state index contributed by atoms with van der Waals surface area (Å²) in [5, 5.41) is 0. The van der Waals surface area contributed by atoms with Crippen LogP contribution >= 0.6 is 17.0 Å². The van der Waals surface area contributed by atoms with Crippen molar-refractivity contribution in [2.24, 2.45) is 5.73 Å². The number of unbranched alkanes of at least 4 members (excludes halogenated alkanes) is 13. The average Bonchev–Trinajstić information content (AvgIpc) is 2.62. The van der Waals surface area contributed by atoms with E-state index in [1.54, 1.807) is 12.1 Å². The summed E-state index contributed by atoms with van der Waals surface area (Å²) in [6, 6.07) is 3.60. The summed E-state index contributed by atoms with van der Waals surface area (Å²) in [4.78, 5) is 11.0. The quantitative estimate of drug-likeness (QED) is 0.250. The van der Waals surface area contributed by atoms with Crippen molar-refractivity contribution in [2.75, 3.05) is 0 Å². The Labute approximate surface area is 171 Å². The van der Waals surface area contributed by atoms with Gasteiger partial charge in [-0.25, -0.2) is 4.57 Å². The van der Waals surface area contributed by atoms with Crippen LogP contribution in [0.3, 0.4) is 0 Å². The van der Waals surface area contributed by atoms with Gasteiger partial charge in [-0.1, -0.05) is 84.0 Å². The molecule has 0 aliphatic heterocycles. The molecule has 0 fully saturated rings. The molecule has 0 saturated heterocycles. The van der Waals surface area contributed by atoms with E-state index in [1.807, 2.05) is 12.4 Å². The smallest absolute Gasteiger partial charge is 0.249 e. The van der Waals surface area contributed by atoms with Gasteiger partial charge in [0.05, 0.1) is 5.56 Å². The second-order valence-corrected chi connectivity index (χ2v) is 7.29. The van der Waals surface area contributed by atoms with Gasteiger partial charge in [-0.05, 0) is 6.42 Å². The summed E-state index contributed by atoms with van der Waals surface area (Å²) >= 11 is 0. The molecule has 1 aromatic rings. The number of amides is 1. The number of nitrogens with two attached hydrogens (primary N) is 1. The van der Waals surface area contributed by atoms with E-state index in [9.17, 15) is 4.79 Å². The number of hydrogen-bond donors (Lipinski definition) is 1. The van der Waals surface area contributed by atoms with Gasteiger partial charge >= 0.3 is 0 Å². The first-order chi connectivity index (χ1) is 12.2. The number of rotatable bonds is 16. The van der Waals surface area contributed by atoms with Gasteiger partial charge in [0.1, 0.15) is 6.54 Å². The zero-order chi connectivity index (χ0) is 18.2. The van der Waals surface area contributed by atoms with E-state index in [1.165, 1.54) is 89.9 Å². The Balaban J connectivity index is 0.00000625. The van der Waals surface area contributed by atoms with Gasteiger partial charge in [0, 0.05) is 18.6 Å². The fourth-order valence-corrected chi connectivity index (χ4v) is 3.26. The summed E-state index contributed by atoms with van der Waals surface area (Å²) < 4.78 is 2.13. The number of aromatic nitrogens is 1. The first-order valence-corrected chi connectivity index (χ1v) is 10.5. The molecule has 0 bridgehead atoms. The molecule has 150 valence electrons. The molecule has 2 N–H and O–H groups in total. The molecule has 0 aliphatic carbocycles. The largest absolute Gasteiger partial charge is 0.366 e. The number of nitrogens with zero attached hydrogens (tertiary/aromatic N) is 1. The van der Waals surface area contributed by atoms with Crippen molar-refractivity contribution in [3.63, 3.8) is 0 Å². The summed E-state index contributed by atoms with van der Waals surface area (Å²) in [5.74, 6) is -0.358. The summed E-state index contributed by atoms with van der Waals surface area (Å²) in [6.07, 6.45) is 23.3. The molecule has 0 unspecified atom stereocenters. The van der Waals surface area contributed by atoms with E-state index in [2.05, 4.69) is 11.5 Å². The van der Waals surface area contributed by atoms with Crippen LogP contribution in [0.4, 0.5) is 0 Å². The van der Waals surface area contributed by atoms with Gasteiger partial charge in [0.25, 0.3) is 0 Å². The standard InChI is InChI=1S/C22H38N2O.BrH/c1-2-3-4-5-6-7-8-9-10-11-12-13-14-15-18-24-19-16-21(17-20-24)22(23)25;/h16-17,19-20H,2-15,18H2,1H3,(H-,23,25);1H/p+1. The highest BCUT2D eigenvalue weighted by Crippen LogP contribution is 2.12. The van der Waals surface area contributed by atoms with Crippen LogP contribution in [0.5, 0.6) is 0 Å². The lowest BCUT2D eigenvalue weighted by Gasteiger charge is -2.03. The maximum absolute atomic E-state index is 11.0. The third kappa shape index (κ3) is 13.3. The zero-order valence-electron chi connectivity index (χ0n) is 16.8. The number of carbonyl (C=O) groups excluding carboxylic acids is 1. The van der Waals surface area contributed by atoms with Crippen LogP contribution in [0, 0.1) is 0 Å². The van der Waals surface area contributed by atoms with Crippen molar-refractivity contribution in [1.82, 2.24) is 0 Å². The molecule has 1 amide bonds. The second kappa shape index (κ2) is 17.5. The Bertz CT molecular complexity index is 448. The van der Waals surface area contributed by atoms with Crippen LogP contribution in [0.1, 0.15) is 107 Å². The second-order valence-electron chi connectivity index (χ2n) is 7.29. The Morgan fingerprint density at radius 1 is 0.769 bits per heavy atom. The minimum Gasteiger partial charge on any atom is -0.366 e. The van der Waals surface area contributed by atoms with Crippen molar-refractivity contribution in [1.29, 1.82) is 0 Å². The van der Waals surface area contributed by atoms with Crippen LogP contribution in [-0.4, -0.2) is 5.91 Å². The van der Waals surface area contributed by atoms with Crippen molar-refractivity contribution in [3.05, 3.63) is 30.1 Å². The molecule has 1 aromatic heterocycles. The molecule has 1 rings (SSSR count). The molecular weight excluding hydrogens is 388 g/mol. The highest BCUT2D eigenvalue weighted by atomic mass is 79.9. The molecule has 0 spiro atoms. The Hall–Kier alpha value is -0.900. The van der Waals surface area contributed by atoms with E-state index in [-0.39, 0.29) is 22.9 Å². The Kier molecular flexibility index (Phi) is 16.9. The zero-order valence-corrected chi connectivity index (χ0v) is 18.5. The van der Waals surface area contributed by atoms with Gasteiger partial charge in [0.15, 0.2) is 12.4 Å². The lowest BCUT2D eigenvalue weighted by atomic mass is 10.0. The Morgan fingerprint density at radius 2 is 1.15 bits per heavy atom. The van der Waals surface area contributed by atoms with E-state index in [0.717, 1.165) is 6.54 Å². The number of halogens is 1. The number of carbonyl (C=O) groups is 1. The Morgan fingerprint density at radius 3 is 1.54 bits per heavy atom. The van der Waals surface area contributed by atoms with Crippen molar-refractivity contribution in [3.8, 4) is 0 Å². The molecule has 0 aliphatic rings. The van der Waals surface area contributed by atoms with Crippen molar-refractivity contribution < 1.29 is 9.36 Å².